The van der Waals surface area contributed by atoms with Crippen molar-refractivity contribution in [2.24, 2.45) is 23.2 Å². The lowest BCUT2D eigenvalue weighted by molar-refractivity contribution is -0.156. The number of rotatable bonds is 22. The number of hydrogen-bond acceptors (Lipinski definition) is 8. The molecule has 2 aromatic rings. The molecule has 0 bridgehead atoms. The van der Waals surface area contributed by atoms with Gasteiger partial charge >= 0.3 is 11.9 Å². The Hall–Kier alpha value is -3.36. The van der Waals surface area contributed by atoms with Crippen molar-refractivity contribution in [3.8, 4) is 22.6 Å². The summed E-state index contributed by atoms with van der Waals surface area (Å²) >= 11 is 0. The van der Waals surface area contributed by atoms with Gasteiger partial charge in [0.05, 0.1) is 24.2 Å². The Kier molecular flexibility index (Phi) is 17.9. The maximum atomic E-state index is 12.3. The number of carbonyl (C=O) groups excluding carboxylic acids is 2. The van der Waals surface area contributed by atoms with E-state index in [1.807, 2.05) is 12.1 Å². The van der Waals surface area contributed by atoms with Crippen LogP contribution in [0.2, 0.25) is 0 Å². The number of benzene rings is 2. The van der Waals surface area contributed by atoms with Crippen molar-refractivity contribution in [1.29, 1.82) is 0 Å². The number of aliphatic hydroxyl groups is 2. The van der Waals surface area contributed by atoms with Gasteiger partial charge < -0.3 is 29.2 Å². The number of carbonyl (C=O) groups is 2. The topological polar surface area (TPSA) is 112 Å². The normalized spacial score (nSPS) is 20.3. The molecule has 54 heavy (non-hydrogen) atoms. The van der Waals surface area contributed by atoms with Crippen LogP contribution in [-0.4, -0.2) is 61.8 Å². The molecule has 0 saturated heterocycles. The van der Waals surface area contributed by atoms with E-state index in [9.17, 15) is 14.7 Å². The van der Waals surface area contributed by atoms with Gasteiger partial charge in [0, 0.05) is 6.07 Å². The molecular formula is C46H68O8. The third kappa shape index (κ3) is 13.4. The lowest BCUT2D eigenvalue weighted by atomic mass is 9.73. The molecule has 0 atom stereocenters. The van der Waals surface area contributed by atoms with Crippen molar-refractivity contribution < 1.29 is 38.7 Å². The van der Waals surface area contributed by atoms with E-state index < -0.39 is 24.0 Å². The number of hydrogen-bond donors (Lipinski definition) is 2. The van der Waals surface area contributed by atoms with Gasteiger partial charge in [-0.15, -0.1) is 0 Å². The molecule has 0 unspecified atom stereocenters. The van der Waals surface area contributed by atoms with Crippen LogP contribution < -0.4 is 9.47 Å². The summed E-state index contributed by atoms with van der Waals surface area (Å²) in [4.78, 5) is 24.2. The fraction of sp³-hybridized carbons (Fsp3) is 0.652. The van der Waals surface area contributed by atoms with E-state index in [2.05, 4.69) is 38.6 Å². The molecule has 0 radical (unpaired) electrons. The summed E-state index contributed by atoms with van der Waals surface area (Å²) in [6, 6.07) is 12.5. The number of aliphatic hydroxyl groups excluding tert-OH is 2. The van der Waals surface area contributed by atoms with Gasteiger partial charge in [0.2, 0.25) is 0 Å². The molecule has 2 aliphatic carbocycles. The predicted molar refractivity (Wildman–Crippen MR) is 215 cm³/mol. The summed E-state index contributed by atoms with van der Waals surface area (Å²) in [6.07, 6.45) is 20.4. The number of aryl methyl sites for hydroxylation is 1. The maximum Gasteiger partial charge on any atom is 0.335 e. The Balaban J connectivity index is 1.36. The Morgan fingerprint density at radius 2 is 1.30 bits per heavy atom. The first-order valence-corrected chi connectivity index (χ1v) is 20.8. The summed E-state index contributed by atoms with van der Waals surface area (Å²) in [5.74, 6) is 3.35. The van der Waals surface area contributed by atoms with Gasteiger partial charge in [-0.2, -0.15) is 0 Å². The van der Waals surface area contributed by atoms with E-state index in [0.717, 1.165) is 35.3 Å². The Labute approximate surface area is 325 Å². The Morgan fingerprint density at radius 1 is 0.722 bits per heavy atom. The van der Waals surface area contributed by atoms with Crippen LogP contribution in [0.3, 0.4) is 0 Å². The lowest BCUT2D eigenvalue weighted by Gasteiger charge is -2.33. The summed E-state index contributed by atoms with van der Waals surface area (Å²) in [6.45, 7) is 10.8. The Morgan fingerprint density at radius 3 is 1.85 bits per heavy atom. The second-order valence-electron chi connectivity index (χ2n) is 16.4. The highest BCUT2D eigenvalue weighted by atomic mass is 16.6. The van der Waals surface area contributed by atoms with E-state index in [1.54, 1.807) is 19.9 Å². The van der Waals surface area contributed by atoms with Crippen molar-refractivity contribution in [2.75, 3.05) is 39.6 Å². The van der Waals surface area contributed by atoms with Gasteiger partial charge in [-0.1, -0.05) is 103 Å². The van der Waals surface area contributed by atoms with Gasteiger partial charge in [-0.3, -0.25) is 4.79 Å². The van der Waals surface area contributed by atoms with E-state index in [0.29, 0.717) is 17.4 Å². The summed E-state index contributed by atoms with van der Waals surface area (Å²) in [7, 11) is 0. The third-order valence-electron chi connectivity index (χ3n) is 11.8. The molecular weight excluding hydrogens is 680 g/mol. The second-order valence-corrected chi connectivity index (χ2v) is 16.4. The quantitative estimate of drug-likeness (QED) is 0.0696. The van der Waals surface area contributed by atoms with Gasteiger partial charge in [0.1, 0.15) is 37.9 Å². The van der Waals surface area contributed by atoms with Gasteiger partial charge in [0.15, 0.2) is 0 Å². The van der Waals surface area contributed by atoms with Crippen molar-refractivity contribution in [3.05, 3.63) is 59.7 Å². The molecule has 2 aliphatic rings. The van der Waals surface area contributed by atoms with Crippen LogP contribution in [0.25, 0.3) is 11.1 Å². The van der Waals surface area contributed by atoms with Crippen LogP contribution >= 0.6 is 0 Å². The molecule has 2 saturated carbocycles. The average molecular weight is 749 g/mol. The Bertz CT molecular complexity index is 1470. The predicted octanol–water partition coefficient (Wildman–Crippen LogP) is 9.77. The first-order valence-electron chi connectivity index (χ1n) is 20.8. The summed E-state index contributed by atoms with van der Waals surface area (Å²) in [5, 5.41) is 18.6. The molecule has 2 aromatic carbocycles. The van der Waals surface area contributed by atoms with Crippen LogP contribution in [-0.2, 0) is 25.5 Å². The molecule has 0 aromatic heterocycles. The highest BCUT2D eigenvalue weighted by Crippen LogP contribution is 2.42. The van der Waals surface area contributed by atoms with Crippen LogP contribution in [0.1, 0.15) is 135 Å². The number of unbranched alkanes of at least 4 members (excludes halogenated alkanes) is 2. The van der Waals surface area contributed by atoms with Gasteiger partial charge in [-0.25, -0.2) is 4.79 Å². The van der Waals surface area contributed by atoms with Crippen molar-refractivity contribution >= 4 is 11.9 Å². The van der Waals surface area contributed by atoms with Crippen molar-refractivity contribution in [2.45, 2.75) is 130 Å². The molecule has 2 fully saturated rings. The molecule has 4 rings (SSSR count). The summed E-state index contributed by atoms with van der Waals surface area (Å²) < 4.78 is 22.5. The highest BCUT2D eigenvalue weighted by Gasteiger charge is 2.29. The van der Waals surface area contributed by atoms with E-state index in [1.165, 1.54) is 101 Å². The van der Waals surface area contributed by atoms with Crippen molar-refractivity contribution in [1.82, 2.24) is 0 Å². The minimum absolute atomic E-state index is 0.00795. The second kappa shape index (κ2) is 22.3. The van der Waals surface area contributed by atoms with E-state index in [4.69, 9.17) is 24.1 Å². The van der Waals surface area contributed by atoms with Crippen LogP contribution in [0.15, 0.2) is 48.6 Å². The van der Waals surface area contributed by atoms with Gasteiger partial charge in [-0.05, 0) is 104 Å². The SMILES string of the molecule is C=C(CO)C(=O)OCCOc1cc(OCCOC(=O)C(C)(C)CO)cc(-c2ccc(C3CCC(CCC4CCC(CCCCC)CC4)CC3)c(CC)c2)c1. The largest absolute Gasteiger partial charge is 0.490 e. The maximum absolute atomic E-state index is 12.3. The minimum atomic E-state index is -0.983. The van der Waals surface area contributed by atoms with E-state index >= 15 is 0 Å². The molecule has 2 N–H and O–H groups in total. The highest BCUT2D eigenvalue weighted by molar-refractivity contribution is 5.87. The smallest absolute Gasteiger partial charge is 0.335 e. The zero-order valence-corrected chi connectivity index (χ0v) is 33.7. The summed E-state index contributed by atoms with van der Waals surface area (Å²) in [5.41, 5.74) is 3.83. The lowest BCUT2D eigenvalue weighted by Crippen LogP contribution is -2.31. The first-order chi connectivity index (χ1) is 26.1. The van der Waals surface area contributed by atoms with Crippen LogP contribution in [0, 0.1) is 23.2 Å². The minimum Gasteiger partial charge on any atom is -0.490 e. The zero-order chi connectivity index (χ0) is 38.9. The molecule has 0 amide bonds. The fourth-order valence-electron chi connectivity index (χ4n) is 8.13. The molecule has 8 nitrogen and oxygen atoms in total. The molecule has 0 spiro atoms. The molecule has 8 heteroatoms. The first kappa shape index (κ1) is 43.4. The standard InChI is InChI=1S/C46H68O8/c1-6-8-9-10-34-11-13-35(14-12-34)15-16-36-17-19-38(20-18-36)43-22-21-39(27-37(43)7-2)40-28-41(51-23-25-53-44(49)33(3)31-47)30-42(29-40)52-24-26-54-45(50)46(4,5)32-48/h21-22,27-30,34-36,38,47-48H,3,6-20,23-26,31-32H2,1-2,4-5H3. The monoisotopic (exact) mass is 748 g/mol. The van der Waals surface area contributed by atoms with Crippen molar-refractivity contribution in [3.63, 3.8) is 0 Å². The molecule has 300 valence electrons. The fourth-order valence-corrected chi connectivity index (χ4v) is 8.13. The average Bonchev–Trinajstić information content (AvgIpc) is 3.20. The zero-order valence-electron chi connectivity index (χ0n) is 33.7. The van der Waals surface area contributed by atoms with Crippen LogP contribution in [0.4, 0.5) is 0 Å². The number of esters is 2. The molecule has 0 heterocycles. The number of ether oxygens (including phenoxy) is 4. The van der Waals surface area contributed by atoms with Gasteiger partial charge in [0.25, 0.3) is 0 Å². The van der Waals surface area contributed by atoms with E-state index in [-0.39, 0.29) is 38.6 Å². The molecule has 0 aliphatic heterocycles. The third-order valence-corrected chi connectivity index (χ3v) is 11.8. The van der Waals surface area contributed by atoms with Crippen LogP contribution in [0.5, 0.6) is 11.5 Å².